The average molecular weight is 299 g/mol. The third-order valence-electron chi connectivity index (χ3n) is 2.92. The number of hydrogen-bond acceptors (Lipinski definition) is 7. The van der Waals surface area contributed by atoms with Crippen molar-refractivity contribution in [3.05, 3.63) is 53.7 Å². The lowest BCUT2D eigenvalue weighted by Crippen LogP contribution is -2.08. The zero-order chi connectivity index (χ0) is 15.5. The maximum atomic E-state index is 11.9. The molecular formula is C15H13N3O4. The molecule has 0 saturated carbocycles. The summed E-state index contributed by atoms with van der Waals surface area (Å²) in [5.74, 6) is -0.0165. The first-order valence-corrected chi connectivity index (χ1v) is 6.66. The third kappa shape index (κ3) is 2.88. The first-order valence-electron chi connectivity index (χ1n) is 6.66. The Morgan fingerprint density at radius 1 is 1.23 bits per heavy atom. The molecule has 22 heavy (non-hydrogen) atoms. The molecule has 3 aromatic rings. The minimum absolute atomic E-state index is 0.0344. The summed E-state index contributed by atoms with van der Waals surface area (Å²) >= 11 is 0. The van der Waals surface area contributed by atoms with E-state index >= 15 is 0 Å². The fourth-order valence-corrected chi connectivity index (χ4v) is 1.83. The van der Waals surface area contributed by atoms with Crippen molar-refractivity contribution in [2.24, 2.45) is 0 Å². The molecule has 0 aliphatic rings. The number of ether oxygens (including phenoxy) is 1. The average Bonchev–Trinajstić information content (AvgIpc) is 3.17. The lowest BCUT2D eigenvalue weighted by Gasteiger charge is -2.06. The van der Waals surface area contributed by atoms with Crippen molar-refractivity contribution in [3.8, 4) is 11.5 Å². The molecular weight excluding hydrogens is 286 g/mol. The van der Waals surface area contributed by atoms with Crippen molar-refractivity contribution in [2.75, 3.05) is 0 Å². The Labute approximate surface area is 125 Å². The fraction of sp³-hybridized carbons (Fsp3) is 0.200. The van der Waals surface area contributed by atoms with Gasteiger partial charge in [0.1, 0.15) is 0 Å². The quantitative estimate of drug-likeness (QED) is 0.684. The number of carbonyl (C=O) groups excluding carboxylic acids is 1. The van der Waals surface area contributed by atoms with E-state index in [1.54, 1.807) is 13.8 Å². The van der Waals surface area contributed by atoms with Crippen LogP contribution < -0.4 is 0 Å². The number of benzene rings is 1. The van der Waals surface area contributed by atoms with E-state index in [1.807, 2.05) is 30.3 Å². The summed E-state index contributed by atoms with van der Waals surface area (Å²) in [6.07, 6.45) is -0.692. The van der Waals surface area contributed by atoms with Crippen LogP contribution in [0.25, 0.3) is 11.5 Å². The summed E-state index contributed by atoms with van der Waals surface area (Å²) in [5, 5.41) is 11.5. The predicted molar refractivity (Wildman–Crippen MR) is 74.8 cm³/mol. The lowest BCUT2D eigenvalue weighted by molar-refractivity contribution is 0.0235. The van der Waals surface area contributed by atoms with Crippen LogP contribution >= 0.6 is 0 Å². The predicted octanol–water partition coefficient (Wildman–Crippen LogP) is 2.95. The van der Waals surface area contributed by atoms with E-state index in [4.69, 9.17) is 13.7 Å². The van der Waals surface area contributed by atoms with E-state index in [1.165, 1.54) is 6.07 Å². The largest absolute Gasteiger partial charge is 0.447 e. The molecule has 7 nitrogen and oxygen atoms in total. The number of carbonyl (C=O) groups is 1. The highest BCUT2D eigenvalue weighted by Crippen LogP contribution is 2.22. The molecule has 0 fully saturated rings. The summed E-state index contributed by atoms with van der Waals surface area (Å²) in [6.45, 7) is 3.36. The molecule has 2 aromatic heterocycles. The third-order valence-corrected chi connectivity index (χ3v) is 2.92. The smallest absolute Gasteiger partial charge is 0.377 e. The van der Waals surface area contributed by atoms with Crippen LogP contribution in [-0.2, 0) is 4.74 Å². The van der Waals surface area contributed by atoms with Gasteiger partial charge in [-0.25, -0.2) is 4.79 Å². The molecule has 0 saturated heterocycles. The first-order chi connectivity index (χ1) is 10.6. The van der Waals surface area contributed by atoms with Crippen LogP contribution in [0.15, 0.2) is 45.3 Å². The number of esters is 1. The van der Waals surface area contributed by atoms with Crippen LogP contribution in [0.4, 0.5) is 0 Å². The molecule has 0 spiro atoms. The molecule has 1 unspecified atom stereocenters. The van der Waals surface area contributed by atoms with Gasteiger partial charge in [0.25, 0.3) is 5.89 Å². The van der Waals surface area contributed by atoms with E-state index < -0.39 is 12.1 Å². The molecule has 0 bridgehead atoms. The van der Waals surface area contributed by atoms with Gasteiger partial charge in [-0.3, -0.25) is 0 Å². The van der Waals surface area contributed by atoms with Gasteiger partial charge in [-0.2, -0.15) is 0 Å². The maximum absolute atomic E-state index is 11.9. The van der Waals surface area contributed by atoms with E-state index in [2.05, 4.69) is 15.4 Å². The standard InChI is InChI=1S/C15H13N3O4/c1-9-8-12(22-18-9)15(19)20-10(2)13-16-17-14(21-13)11-6-4-3-5-7-11/h3-8,10H,1-2H3. The Kier molecular flexibility index (Phi) is 3.69. The van der Waals surface area contributed by atoms with Crippen LogP contribution in [0.3, 0.4) is 0 Å². The second-order valence-corrected chi connectivity index (χ2v) is 4.69. The molecule has 0 aliphatic carbocycles. The molecule has 2 heterocycles. The minimum Gasteiger partial charge on any atom is -0.447 e. The Balaban J connectivity index is 1.72. The van der Waals surface area contributed by atoms with E-state index in [-0.39, 0.29) is 11.7 Å². The molecule has 0 aliphatic heterocycles. The summed E-state index contributed by atoms with van der Waals surface area (Å²) in [4.78, 5) is 11.9. The molecule has 3 rings (SSSR count). The lowest BCUT2D eigenvalue weighted by atomic mass is 10.2. The minimum atomic E-state index is -0.692. The first kappa shape index (κ1) is 14.0. The Bertz CT molecular complexity index is 779. The molecule has 0 radical (unpaired) electrons. The number of aryl methyl sites for hydroxylation is 1. The SMILES string of the molecule is Cc1cc(C(=O)OC(C)c2nnc(-c3ccccc3)o2)on1. The second kappa shape index (κ2) is 5.80. The van der Waals surface area contributed by atoms with Gasteiger partial charge in [-0.1, -0.05) is 23.4 Å². The molecule has 1 atom stereocenters. The van der Waals surface area contributed by atoms with Crippen molar-refractivity contribution in [3.63, 3.8) is 0 Å². The van der Waals surface area contributed by atoms with Gasteiger partial charge in [0, 0.05) is 11.6 Å². The molecule has 7 heteroatoms. The summed E-state index contributed by atoms with van der Waals surface area (Å²) in [7, 11) is 0. The van der Waals surface area contributed by atoms with Crippen LogP contribution in [0.5, 0.6) is 0 Å². The van der Waals surface area contributed by atoms with Crippen LogP contribution in [0, 0.1) is 6.92 Å². The highest BCUT2D eigenvalue weighted by Gasteiger charge is 2.22. The van der Waals surface area contributed by atoms with Crippen molar-refractivity contribution in [2.45, 2.75) is 20.0 Å². The normalized spacial score (nSPS) is 12.1. The summed E-state index contributed by atoms with van der Waals surface area (Å²) in [5.41, 5.74) is 1.40. The van der Waals surface area contributed by atoms with Gasteiger partial charge < -0.3 is 13.7 Å². The van der Waals surface area contributed by atoms with Gasteiger partial charge in [-0.15, -0.1) is 10.2 Å². The highest BCUT2D eigenvalue weighted by atomic mass is 16.6. The van der Waals surface area contributed by atoms with Gasteiger partial charge >= 0.3 is 5.97 Å². The summed E-state index contributed by atoms with van der Waals surface area (Å²) in [6, 6.07) is 10.8. The van der Waals surface area contributed by atoms with Crippen molar-refractivity contribution < 1.29 is 18.5 Å². The number of aromatic nitrogens is 3. The van der Waals surface area contributed by atoms with E-state index in [9.17, 15) is 4.79 Å². The second-order valence-electron chi connectivity index (χ2n) is 4.69. The zero-order valence-electron chi connectivity index (χ0n) is 12.0. The van der Waals surface area contributed by atoms with Crippen molar-refractivity contribution in [1.29, 1.82) is 0 Å². The zero-order valence-corrected chi connectivity index (χ0v) is 12.0. The van der Waals surface area contributed by atoms with Crippen molar-refractivity contribution in [1.82, 2.24) is 15.4 Å². The van der Waals surface area contributed by atoms with Gasteiger partial charge in [0.05, 0.1) is 5.69 Å². The van der Waals surface area contributed by atoms with E-state index in [0.717, 1.165) is 5.56 Å². The fourth-order valence-electron chi connectivity index (χ4n) is 1.83. The molecule has 0 N–H and O–H groups in total. The van der Waals surface area contributed by atoms with Crippen LogP contribution in [0.2, 0.25) is 0 Å². The van der Waals surface area contributed by atoms with Gasteiger partial charge in [0.15, 0.2) is 6.10 Å². The summed E-state index contributed by atoms with van der Waals surface area (Å²) < 4.78 is 15.6. The van der Waals surface area contributed by atoms with Crippen molar-refractivity contribution >= 4 is 5.97 Å². The highest BCUT2D eigenvalue weighted by molar-refractivity contribution is 5.86. The van der Waals surface area contributed by atoms with Gasteiger partial charge in [0.2, 0.25) is 11.7 Å². The molecule has 1 aromatic carbocycles. The molecule has 112 valence electrons. The number of nitrogens with zero attached hydrogens (tertiary/aromatic N) is 3. The molecule has 0 amide bonds. The van der Waals surface area contributed by atoms with Gasteiger partial charge in [-0.05, 0) is 26.0 Å². The van der Waals surface area contributed by atoms with Crippen LogP contribution in [-0.4, -0.2) is 21.3 Å². The van der Waals surface area contributed by atoms with Crippen LogP contribution in [0.1, 0.15) is 35.2 Å². The Morgan fingerprint density at radius 3 is 2.68 bits per heavy atom. The maximum Gasteiger partial charge on any atom is 0.377 e. The topological polar surface area (TPSA) is 91.2 Å². The Morgan fingerprint density at radius 2 is 2.00 bits per heavy atom. The number of rotatable bonds is 4. The van der Waals surface area contributed by atoms with E-state index in [0.29, 0.717) is 11.6 Å². The monoisotopic (exact) mass is 299 g/mol. The number of hydrogen-bond donors (Lipinski definition) is 0. The Hall–Kier alpha value is -2.96.